The number of phenols is 1. The smallest absolute Gasteiger partial charge is 0.353 e. The fourth-order valence-corrected chi connectivity index (χ4v) is 2.38. The molecule has 130 valence electrons. The number of rotatable bonds is 1. The van der Waals surface area contributed by atoms with Gasteiger partial charge in [-0.2, -0.15) is 0 Å². The van der Waals surface area contributed by atoms with Gasteiger partial charge >= 0.3 is 23.9 Å². The lowest BCUT2D eigenvalue weighted by Crippen LogP contribution is -2.00. The van der Waals surface area contributed by atoms with Crippen molar-refractivity contribution in [3.63, 3.8) is 0 Å². The highest BCUT2D eigenvalue weighted by Crippen LogP contribution is 2.29. The lowest BCUT2D eigenvalue weighted by molar-refractivity contribution is -0.385. The minimum absolute atomic E-state index is 0.0394. The van der Waals surface area contributed by atoms with E-state index in [1.54, 1.807) is 0 Å². The summed E-state index contributed by atoms with van der Waals surface area (Å²) in [5.41, 5.74) is -0.632. The summed E-state index contributed by atoms with van der Waals surface area (Å²) in [5.74, 6) is -3.51. The molecule has 2 aliphatic rings. The predicted octanol–water partition coefficient (Wildman–Crippen LogP) is 1.61. The Bertz CT molecular complexity index is 1010. The molecule has 0 spiro atoms. The van der Waals surface area contributed by atoms with Crippen molar-refractivity contribution in [3.05, 3.63) is 68.8 Å². The number of benzene rings is 2. The van der Waals surface area contributed by atoms with Crippen LogP contribution in [0.25, 0.3) is 0 Å². The van der Waals surface area contributed by atoms with Crippen LogP contribution < -0.4 is 0 Å². The zero-order valence-electron chi connectivity index (χ0n) is 12.6. The average molecular weight is 357 g/mol. The van der Waals surface area contributed by atoms with E-state index in [4.69, 9.17) is 5.11 Å². The molecule has 10 nitrogen and oxygen atoms in total. The number of esters is 4. The summed E-state index contributed by atoms with van der Waals surface area (Å²) in [4.78, 5) is 53.6. The molecule has 0 atom stereocenters. The van der Waals surface area contributed by atoms with Gasteiger partial charge in [0.1, 0.15) is 11.3 Å². The van der Waals surface area contributed by atoms with E-state index in [0.717, 1.165) is 6.07 Å². The first-order valence-corrected chi connectivity index (χ1v) is 6.93. The van der Waals surface area contributed by atoms with Crippen LogP contribution in [0.4, 0.5) is 5.69 Å². The molecule has 26 heavy (non-hydrogen) atoms. The second kappa shape index (κ2) is 6.09. The monoisotopic (exact) mass is 357 g/mol. The molecule has 0 aliphatic carbocycles. The normalized spacial score (nSPS) is 14.0. The van der Waals surface area contributed by atoms with E-state index in [1.165, 1.54) is 30.3 Å². The Hall–Kier alpha value is -4.08. The van der Waals surface area contributed by atoms with Crippen LogP contribution in [0.1, 0.15) is 41.4 Å². The van der Waals surface area contributed by atoms with Gasteiger partial charge in [-0.3, -0.25) is 10.1 Å². The molecule has 0 bridgehead atoms. The third-order valence-electron chi connectivity index (χ3n) is 3.50. The average Bonchev–Trinajstić information content (AvgIpc) is 3.05. The summed E-state index contributed by atoms with van der Waals surface area (Å²) in [5, 5.41) is 19.7. The summed E-state index contributed by atoms with van der Waals surface area (Å²) < 4.78 is 8.51. The summed E-state index contributed by atoms with van der Waals surface area (Å²) in [6, 6.07) is 8.04. The number of cyclic esters (lactones) is 4. The number of nitro benzene ring substituents is 1. The maximum Gasteiger partial charge on any atom is 0.353 e. The Kier molecular flexibility index (Phi) is 3.93. The van der Waals surface area contributed by atoms with E-state index in [-0.39, 0.29) is 28.0 Å². The first kappa shape index (κ1) is 16.8. The van der Waals surface area contributed by atoms with E-state index >= 15 is 0 Å². The quantitative estimate of drug-likeness (QED) is 0.347. The highest BCUT2D eigenvalue weighted by molar-refractivity contribution is 6.17. The number of hydrogen-bond donors (Lipinski definition) is 1. The van der Waals surface area contributed by atoms with Crippen molar-refractivity contribution in [1.29, 1.82) is 0 Å². The molecule has 0 saturated heterocycles. The Labute approximate surface area is 143 Å². The number of hydrogen-bond acceptors (Lipinski definition) is 9. The molecule has 0 saturated carbocycles. The third-order valence-corrected chi connectivity index (χ3v) is 3.50. The number of carbonyl (C=O) groups is 4. The summed E-state index contributed by atoms with van der Waals surface area (Å²) in [6.45, 7) is 0. The predicted molar refractivity (Wildman–Crippen MR) is 80.7 cm³/mol. The molecule has 0 fully saturated rings. The molecule has 4 rings (SSSR count). The van der Waals surface area contributed by atoms with Crippen molar-refractivity contribution in [2.45, 2.75) is 0 Å². The number of fused-ring (bicyclic) bond motifs is 2. The van der Waals surface area contributed by atoms with Gasteiger partial charge in [0.15, 0.2) is 5.56 Å². The molecule has 2 heterocycles. The van der Waals surface area contributed by atoms with Crippen LogP contribution >= 0.6 is 0 Å². The molecule has 2 aliphatic heterocycles. The van der Waals surface area contributed by atoms with Gasteiger partial charge in [0.25, 0.3) is 5.69 Å². The maximum absolute atomic E-state index is 11.1. The topological polar surface area (TPSA) is 150 Å². The summed E-state index contributed by atoms with van der Waals surface area (Å²) >= 11 is 0. The van der Waals surface area contributed by atoms with E-state index in [1.807, 2.05) is 0 Å². The standard InChI is InChI=1S/C8H3NO5.C8H4O4/c10-7-4-2-1-3-5(9(12)13)6(4)8(11)14-7;9-5-3-1-2-4-6(5)8(11)12-7(4)10/h1-3H;1-3,9H. The first-order valence-electron chi connectivity index (χ1n) is 6.93. The van der Waals surface area contributed by atoms with Crippen LogP contribution in [0, 0.1) is 10.1 Å². The van der Waals surface area contributed by atoms with E-state index in [2.05, 4.69) is 9.47 Å². The van der Waals surface area contributed by atoms with Gasteiger partial charge in [0.2, 0.25) is 0 Å². The van der Waals surface area contributed by atoms with E-state index < -0.39 is 34.5 Å². The zero-order valence-corrected chi connectivity index (χ0v) is 12.6. The van der Waals surface area contributed by atoms with E-state index in [9.17, 15) is 29.3 Å². The van der Waals surface area contributed by atoms with Gasteiger partial charge < -0.3 is 14.6 Å². The Morgan fingerprint density at radius 3 is 1.81 bits per heavy atom. The van der Waals surface area contributed by atoms with Crippen molar-refractivity contribution < 1.29 is 38.7 Å². The first-order chi connectivity index (χ1) is 12.3. The molecule has 2 aromatic carbocycles. The lowest BCUT2D eigenvalue weighted by atomic mass is 10.1. The molecular formula is C16H7NO9. The Morgan fingerprint density at radius 1 is 0.769 bits per heavy atom. The summed E-state index contributed by atoms with van der Waals surface area (Å²) in [6.07, 6.45) is 0. The van der Waals surface area contributed by atoms with Crippen LogP contribution in [0.15, 0.2) is 36.4 Å². The van der Waals surface area contributed by atoms with Crippen molar-refractivity contribution in [2.75, 3.05) is 0 Å². The van der Waals surface area contributed by atoms with Crippen molar-refractivity contribution in [1.82, 2.24) is 0 Å². The van der Waals surface area contributed by atoms with Crippen LogP contribution in [0.5, 0.6) is 5.75 Å². The van der Waals surface area contributed by atoms with E-state index in [0.29, 0.717) is 0 Å². The van der Waals surface area contributed by atoms with Gasteiger partial charge in [-0.25, -0.2) is 19.2 Å². The van der Waals surface area contributed by atoms with Gasteiger partial charge in [0, 0.05) is 6.07 Å². The van der Waals surface area contributed by atoms with Crippen LogP contribution in [0.2, 0.25) is 0 Å². The SMILES string of the molecule is O=C1OC(=O)c2c(O)cccc21.O=C1OC(=O)c2c1cccc2[N+](=O)[O-]. The summed E-state index contributed by atoms with van der Waals surface area (Å²) in [7, 11) is 0. The minimum Gasteiger partial charge on any atom is -0.507 e. The van der Waals surface area contributed by atoms with Crippen LogP contribution in [-0.4, -0.2) is 33.9 Å². The molecule has 1 N–H and O–H groups in total. The molecule has 0 amide bonds. The van der Waals surface area contributed by atoms with Crippen LogP contribution in [-0.2, 0) is 9.47 Å². The van der Waals surface area contributed by atoms with Gasteiger partial charge in [-0.05, 0) is 18.2 Å². The minimum atomic E-state index is -0.961. The second-order valence-corrected chi connectivity index (χ2v) is 5.01. The zero-order chi connectivity index (χ0) is 19.0. The number of phenolic OH excluding ortho intramolecular Hbond substituents is 1. The number of ether oxygens (including phenoxy) is 2. The number of nitrogens with zero attached hydrogens (tertiary/aromatic N) is 1. The Morgan fingerprint density at radius 2 is 1.27 bits per heavy atom. The van der Waals surface area contributed by atoms with Crippen molar-refractivity contribution in [2.24, 2.45) is 0 Å². The lowest BCUT2D eigenvalue weighted by Gasteiger charge is -1.93. The van der Waals surface area contributed by atoms with Gasteiger partial charge in [0.05, 0.1) is 16.1 Å². The molecule has 0 radical (unpaired) electrons. The van der Waals surface area contributed by atoms with Crippen molar-refractivity contribution >= 4 is 29.6 Å². The second-order valence-electron chi connectivity index (χ2n) is 5.01. The molecule has 0 unspecified atom stereocenters. The number of aromatic hydroxyl groups is 1. The fourth-order valence-electron chi connectivity index (χ4n) is 2.38. The maximum atomic E-state index is 11.1. The highest BCUT2D eigenvalue weighted by atomic mass is 16.6. The van der Waals surface area contributed by atoms with Gasteiger partial charge in [-0.15, -0.1) is 0 Å². The molecule has 0 aromatic heterocycles. The number of nitro groups is 1. The van der Waals surface area contributed by atoms with Crippen molar-refractivity contribution in [3.8, 4) is 5.75 Å². The third kappa shape index (κ3) is 2.65. The molecule has 10 heteroatoms. The van der Waals surface area contributed by atoms with Crippen LogP contribution in [0.3, 0.4) is 0 Å². The molecular weight excluding hydrogens is 350 g/mol. The largest absolute Gasteiger partial charge is 0.507 e. The number of carbonyl (C=O) groups excluding carboxylic acids is 4. The highest BCUT2D eigenvalue weighted by Gasteiger charge is 2.36. The molecule has 2 aromatic rings. The van der Waals surface area contributed by atoms with Gasteiger partial charge in [-0.1, -0.05) is 12.1 Å². The fraction of sp³-hybridized carbons (Fsp3) is 0. The Balaban J connectivity index is 0.000000152.